The van der Waals surface area contributed by atoms with Gasteiger partial charge in [0.1, 0.15) is 17.5 Å². The number of methoxy groups -OCH3 is 1. The van der Waals surface area contributed by atoms with Crippen molar-refractivity contribution < 1.29 is 24.2 Å². The van der Waals surface area contributed by atoms with E-state index in [1.165, 1.54) is 30.2 Å². The van der Waals surface area contributed by atoms with Crippen LogP contribution in [0.25, 0.3) is 21.3 Å². The summed E-state index contributed by atoms with van der Waals surface area (Å²) in [7, 11) is 4.52. The van der Waals surface area contributed by atoms with Gasteiger partial charge in [0.25, 0.3) is 11.8 Å². The first-order valence-electron chi connectivity index (χ1n) is 11.1. The maximum absolute atomic E-state index is 13.2. The fraction of sp³-hybridized carbons (Fsp3) is 0.185. The predicted molar refractivity (Wildman–Crippen MR) is 138 cm³/mol. The summed E-state index contributed by atoms with van der Waals surface area (Å²) in [6, 6.07) is 16.3. The van der Waals surface area contributed by atoms with E-state index in [2.05, 4.69) is 10.3 Å². The number of hydrogen-bond donors (Lipinski definition) is 2. The van der Waals surface area contributed by atoms with Gasteiger partial charge in [-0.25, -0.2) is 9.78 Å². The average Bonchev–Trinajstić information content (AvgIpc) is 3.42. The quantitative estimate of drug-likeness (QED) is 0.371. The number of ether oxygens (including phenoxy) is 1. The normalized spacial score (nSPS) is 11.6. The molecule has 0 aliphatic heterocycles. The Morgan fingerprint density at radius 2 is 1.83 bits per heavy atom. The molecule has 1 unspecified atom stereocenters. The molecule has 2 amide bonds. The Hall–Kier alpha value is -4.24. The van der Waals surface area contributed by atoms with E-state index in [4.69, 9.17) is 4.74 Å². The molecular formula is C27H25N3O5S. The average molecular weight is 504 g/mol. The predicted octanol–water partition coefficient (Wildman–Crippen LogP) is 3.88. The molecule has 2 aromatic carbocycles. The van der Waals surface area contributed by atoms with Crippen LogP contribution in [0.5, 0.6) is 5.75 Å². The number of fused-ring (bicyclic) bond motifs is 1. The molecule has 9 heteroatoms. The van der Waals surface area contributed by atoms with Gasteiger partial charge in [0.05, 0.1) is 18.2 Å². The number of phenols is 1. The van der Waals surface area contributed by atoms with E-state index in [-0.39, 0.29) is 23.8 Å². The number of rotatable bonds is 7. The van der Waals surface area contributed by atoms with Gasteiger partial charge in [-0.2, -0.15) is 0 Å². The van der Waals surface area contributed by atoms with Gasteiger partial charge < -0.3 is 20.1 Å². The van der Waals surface area contributed by atoms with Crippen LogP contribution in [0, 0.1) is 0 Å². The number of carbonyl (C=O) groups is 3. The molecule has 4 aromatic rings. The van der Waals surface area contributed by atoms with Crippen LogP contribution >= 0.6 is 11.3 Å². The molecule has 2 aromatic heterocycles. The molecule has 0 saturated carbocycles. The molecule has 0 fully saturated rings. The molecule has 0 bridgehead atoms. The van der Waals surface area contributed by atoms with Gasteiger partial charge in [0.15, 0.2) is 0 Å². The van der Waals surface area contributed by atoms with Gasteiger partial charge in [-0.15, -0.1) is 11.3 Å². The van der Waals surface area contributed by atoms with Gasteiger partial charge in [-0.1, -0.05) is 24.3 Å². The molecule has 0 spiro atoms. The highest BCUT2D eigenvalue weighted by molar-refractivity contribution is 7.13. The number of pyridine rings is 1. The van der Waals surface area contributed by atoms with Crippen molar-refractivity contribution in [1.29, 1.82) is 0 Å². The summed E-state index contributed by atoms with van der Waals surface area (Å²) >= 11 is 1.59. The molecule has 4 rings (SSSR count). The molecule has 0 radical (unpaired) electrons. The van der Waals surface area contributed by atoms with E-state index >= 15 is 0 Å². The van der Waals surface area contributed by atoms with Gasteiger partial charge in [0.2, 0.25) is 0 Å². The molecular weight excluding hydrogens is 478 g/mol. The highest BCUT2D eigenvalue weighted by Gasteiger charge is 2.25. The lowest BCUT2D eigenvalue weighted by atomic mass is 10.0. The molecule has 0 aliphatic carbocycles. The standard InChI is InChI=1S/C27H25N3O5S/c1-30(2)26(33)20-15-22(28-21-11-8-17(14-19(20)21)24-5-4-12-36-24)25(32)29-23(27(34)35-3)13-16-6-9-18(31)10-7-16/h4-12,14-15,23,31H,13H2,1-3H3,(H,29,32). The summed E-state index contributed by atoms with van der Waals surface area (Å²) in [6.45, 7) is 0. The van der Waals surface area contributed by atoms with Crippen LogP contribution in [0.3, 0.4) is 0 Å². The van der Waals surface area contributed by atoms with Crippen LogP contribution in [-0.2, 0) is 16.0 Å². The van der Waals surface area contributed by atoms with Crippen molar-refractivity contribution in [2.45, 2.75) is 12.5 Å². The summed E-state index contributed by atoms with van der Waals surface area (Å²) in [5, 5.41) is 14.8. The van der Waals surface area contributed by atoms with Crippen molar-refractivity contribution in [2.24, 2.45) is 0 Å². The highest BCUT2D eigenvalue weighted by Crippen LogP contribution is 2.29. The Morgan fingerprint density at radius 3 is 2.47 bits per heavy atom. The zero-order valence-corrected chi connectivity index (χ0v) is 20.8. The first-order valence-corrected chi connectivity index (χ1v) is 12.0. The number of benzene rings is 2. The van der Waals surface area contributed by atoms with Gasteiger partial charge >= 0.3 is 5.97 Å². The summed E-state index contributed by atoms with van der Waals surface area (Å²) in [5.41, 5.74) is 2.50. The second kappa shape index (κ2) is 10.6. The third-order valence-electron chi connectivity index (χ3n) is 5.65. The molecule has 1 atom stereocenters. The number of thiophene rings is 1. The Kier molecular flexibility index (Phi) is 7.30. The maximum Gasteiger partial charge on any atom is 0.328 e. The summed E-state index contributed by atoms with van der Waals surface area (Å²) < 4.78 is 4.87. The van der Waals surface area contributed by atoms with Crippen LogP contribution < -0.4 is 5.32 Å². The van der Waals surface area contributed by atoms with Gasteiger partial charge in [-0.05, 0) is 52.9 Å². The van der Waals surface area contributed by atoms with Crippen molar-refractivity contribution in [1.82, 2.24) is 15.2 Å². The van der Waals surface area contributed by atoms with Crippen LogP contribution in [0.15, 0.2) is 66.0 Å². The van der Waals surface area contributed by atoms with Crippen molar-refractivity contribution in [3.05, 3.63) is 82.9 Å². The lowest BCUT2D eigenvalue weighted by Crippen LogP contribution is -2.43. The molecule has 0 aliphatic rings. The first kappa shape index (κ1) is 24.9. The summed E-state index contributed by atoms with van der Waals surface area (Å²) in [6.07, 6.45) is 0.153. The zero-order chi connectivity index (χ0) is 25.8. The van der Waals surface area contributed by atoms with Crippen LogP contribution in [-0.4, -0.2) is 60.0 Å². The lowest BCUT2D eigenvalue weighted by molar-refractivity contribution is -0.142. The molecule has 2 heterocycles. The number of aromatic hydroxyl groups is 1. The van der Waals surface area contributed by atoms with Gasteiger partial charge in [-0.3, -0.25) is 9.59 Å². The minimum absolute atomic E-state index is 0.0104. The molecule has 36 heavy (non-hydrogen) atoms. The number of carbonyl (C=O) groups excluding carboxylic acids is 3. The largest absolute Gasteiger partial charge is 0.508 e. The Balaban J connectivity index is 1.70. The van der Waals surface area contributed by atoms with Crippen LogP contribution in [0.2, 0.25) is 0 Å². The number of aromatic nitrogens is 1. The number of phenolic OH excluding ortho intramolecular Hbond substituents is 1. The third-order valence-corrected chi connectivity index (χ3v) is 6.57. The van der Waals surface area contributed by atoms with Crippen molar-refractivity contribution >= 4 is 40.0 Å². The molecule has 184 valence electrons. The smallest absolute Gasteiger partial charge is 0.328 e. The van der Waals surface area contributed by atoms with E-state index < -0.39 is 17.9 Å². The second-order valence-electron chi connectivity index (χ2n) is 8.38. The van der Waals surface area contributed by atoms with Crippen LogP contribution in [0.4, 0.5) is 0 Å². The van der Waals surface area contributed by atoms with E-state index in [1.807, 2.05) is 29.6 Å². The zero-order valence-electron chi connectivity index (χ0n) is 20.0. The monoisotopic (exact) mass is 503 g/mol. The molecule has 0 saturated heterocycles. The highest BCUT2D eigenvalue weighted by atomic mass is 32.1. The fourth-order valence-electron chi connectivity index (χ4n) is 3.79. The lowest BCUT2D eigenvalue weighted by Gasteiger charge is -2.18. The topological polar surface area (TPSA) is 109 Å². The SMILES string of the molecule is COC(=O)C(Cc1ccc(O)cc1)NC(=O)c1cc(C(=O)N(C)C)c2cc(-c3cccs3)ccc2n1. The number of hydrogen-bond acceptors (Lipinski definition) is 7. The number of esters is 1. The Morgan fingerprint density at radius 1 is 1.08 bits per heavy atom. The number of amides is 2. The van der Waals surface area contributed by atoms with Gasteiger partial charge in [0, 0.05) is 30.8 Å². The minimum atomic E-state index is -0.987. The molecule has 8 nitrogen and oxygen atoms in total. The van der Waals surface area contributed by atoms with Crippen molar-refractivity contribution in [3.63, 3.8) is 0 Å². The maximum atomic E-state index is 13.2. The van der Waals surface area contributed by atoms with E-state index in [9.17, 15) is 19.5 Å². The summed E-state index contributed by atoms with van der Waals surface area (Å²) in [5.74, 6) is -1.41. The Bertz CT molecular complexity index is 1420. The van der Waals surface area contributed by atoms with E-state index in [0.717, 1.165) is 16.0 Å². The molecule has 2 N–H and O–H groups in total. The first-order chi connectivity index (χ1) is 17.3. The second-order valence-corrected chi connectivity index (χ2v) is 9.33. The minimum Gasteiger partial charge on any atom is -0.508 e. The third kappa shape index (κ3) is 5.36. The van der Waals surface area contributed by atoms with E-state index in [0.29, 0.717) is 16.5 Å². The summed E-state index contributed by atoms with van der Waals surface area (Å²) in [4.78, 5) is 45.7. The number of nitrogens with zero attached hydrogens (tertiary/aromatic N) is 2. The fourth-order valence-corrected chi connectivity index (χ4v) is 4.52. The number of nitrogens with one attached hydrogen (secondary N) is 1. The van der Waals surface area contributed by atoms with E-state index in [1.54, 1.807) is 43.6 Å². The van der Waals surface area contributed by atoms with Crippen molar-refractivity contribution in [2.75, 3.05) is 21.2 Å². The Labute approximate surface area is 212 Å². The van der Waals surface area contributed by atoms with Crippen molar-refractivity contribution in [3.8, 4) is 16.2 Å². The van der Waals surface area contributed by atoms with Crippen LogP contribution in [0.1, 0.15) is 26.4 Å².